The molecule has 1 aromatic carbocycles. The quantitative estimate of drug-likeness (QED) is 0.769. The van der Waals surface area contributed by atoms with Gasteiger partial charge in [-0.05, 0) is 38.3 Å². The van der Waals surface area contributed by atoms with Gasteiger partial charge in [0.05, 0.1) is 11.2 Å². The van der Waals surface area contributed by atoms with Crippen molar-refractivity contribution in [3.63, 3.8) is 0 Å². The number of piperazine rings is 1. The van der Waals surface area contributed by atoms with E-state index in [2.05, 4.69) is 32.9 Å². The van der Waals surface area contributed by atoms with Crippen LogP contribution < -0.4 is 4.90 Å². The standard InChI is InChI=1S/C16H20N4O.3C2H6/c1-12(21)6-7-15-17-13-4-3-5-14(16(13)18-15)20-10-8-19(2)9-11-20;3*1-2/h3-7H,8-11H2,1-2H3,(H,17,18);3*1-2H3/b7-6+;;;. The maximum atomic E-state index is 11.0. The van der Waals surface area contributed by atoms with Gasteiger partial charge in [0.25, 0.3) is 0 Å². The molecule has 0 aliphatic carbocycles. The molecule has 0 unspecified atom stereocenters. The Kier molecular flexibility index (Phi) is 12.9. The number of hydrogen-bond donors (Lipinski definition) is 1. The Morgan fingerprint density at radius 2 is 1.63 bits per heavy atom. The number of ketones is 1. The molecule has 1 fully saturated rings. The van der Waals surface area contributed by atoms with Gasteiger partial charge in [0.1, 0.15) is 11.3 Å². The minimum Gasteiger partial charge on any atom is -0.367 e. The molecule has 0 atom stereocenters. The predicted octanol–water partition coefficient (Wildman–Crippen LogP) is 5.00. The van der Waals surface area contributed by atoms with Gasteiger partial charge in [0.15, 0.2) is 5.78 Å². The SMILES string of the molecule is CC.CC.CC.CC(=O)/C=C/c1nc2c(N3CCN(C)CC3)cccc2[nH]1. The number of anilines is 1. The van der Waals surface area contributed by atoms with Crippen LogP contribution in [-0.4, -0.2) is 53.9 Å². The number of rotatable bonds is 3. The molecule has 27 heavy (non-hydrogen) atoms. The maximum Gasteiger partial charge on any atom is 0.152 e. The van der Waals surface area contributed by atoms with E-state index in [1.54, 1.807) is 6.08 Å². The van der Waals surface area contributed by atoms with Crippen LogP contribution in [0.4, 0.5) is 5.69 Å². The van der Waals surface area contributed by atoms with Gasteiger partial charge < -0.3 is 14.8 Å². The van der Waals surface area contributed by atoms with Crippen molar-refractivity contribution in [3.05, 3.63) is 30.1 Å². The molecule has 3 rings (SSSR count). The largest absolute Gasteiger partial charge is 0.367 e. The zero-order valence-electron chi connectivity index (χ0n) is 18.5. The minimum absolute atomic E-state index is 0.0229. The molecule has 1 aromatic heterocycles. The van der Waals surface area contributed by atoms with Gasteiger partial charge >= 0.3 is 0 Å². The van der Waals surface area contributed by atoms with Crippen molar-refractivity contribution in [2.75, 3.05) is 38.1 Å². The highest BCUT2D eigenvalue weighted by atomic mass is 16.1. The Morgan fingerprint density at radius 3 is 2.19 bits per heavy atom. The molecule has 0 saturated carbocycles. The van der Waals surface area contributed by atoms with Crippen LogP contribution in [0.5, 0.6) is 0 Å². The Balaban J connectivity index is 0.00000103. The number of likely N-dealkylation sites (N-methyl/N-ethyl adjacent to an activating group) is 1. The number of H-pyrrole nitrogens is 1. The normalized spacial score (nSPS) is 13.9. The fourth-order valence-corrected chi connectivity index (χ4v) is 2.61. The number of imidazole rings is 1. The van der Waals surface area contributed by atoms with Crippen molar-refractivity contribution in [1.82, 2.24) is 14.9 Å². The number of fused-ring (bicyclic) bond motifs is 1. The first-order chi connectivity index (χ1) is 13.1. The number of aromatic nitrogens is 2. The summed E-state index contributed by atoms with van der Waals surface area (Å²) >= 11 is 0. The first kappa shape index (κ1) is 24.9. The van der Waals surface area contributed by atoms with Gasteiger partial charge in [-0.15, -0.1) is 0 Å². The lowest BCUT2D eigenvalue weighted by Crippen LogP contribution is -2.44. The molecule has 0 amide bonds. The van der Waals surface area contributed by atoms with Crippen LogP contribution in [0.2, 0.25) is 0 Å². The molecular formula is C22H38N4O. The molecule has 0 radical (unpaired) electrons. The molecule has 1 saturated heterocycles. The number of benzene rings is 1. The van der Waals surface area contributed by atoms with E-state index >= 15 is 0 Å². The Bertz CT molecular complexity index is 683. The van der Waals surface area contributed by atoms with Crippen molar-refractivity contribution in [1.29, 1.82) is 0 Å². The third kappa shape index (κ3) is 7.55. The number of nitrogens with one attached hydrogen (secondary N) is 1. The summed E-state index contributed by atoms with van der Waals surface area (Å²) in [6.07, 6.45) is 3.27. The van der Waals surface area contributed by atoms with Gasteiger partial charge in [0, 0.05) is 26.2 Å². The molecule has 2 aromatic rings. The second-order valence-corrected chi connectivity index (χ2v) is 5.53. The van der Waals surface area contributed by atoms with Crippen LogP contribution in [0.25, 0.3) is 17.1 Å². The molecule has 1 aliphatic rings. The monoisotopic (exact) mass is 374 g/mol. The molecule has 2 heterocycles. The van der Waals surface area contributed by atoms with Gasteiger partial charge in [-0.1, -0.05) is 47.6 Å². The maximum absolute atomic E-state index is 11.0. The van der Waals surface area contributed by atoms with E-state index in [-0.39, 0.29) is 5.78 Å². The number of nitrogens with zero attached hydrogens (tertiary/aromatic N) is 3. The summed E-state index contributed by atoms with van der Waals surface area (Å²) in [6.45, 7) is 17.7. The van der Waals surface area contributed by atoms with Crippen LogP contribution in [0.3, 0.4) is 0 Å². The van der Waals surface area contributed by atoms with E-state index < -0.39 is 0 Å². The molecule has 5 nitrogen and oxygen atoms in total. The van der Waals surface area contributed by atoms with Crippen LogP contribution in [0, 0.1) is 0 Å². The first-order valence-corrected chi connectivity index (χ1v) is 10.2. The summed E-state index contributed by atoms with van der Waals surface area (Å²) in [6, 6.07) is 6.19. The summed E-state index contributed by atoms with van der Waals surface area (Å²) in [5, 5.41) is 0. The van der Waals surface area contributed by atoms with E-state index in [9.17, 15) is 4.79 Å². The molecule has 0 bridgehead atoms. The average molecular weight is 375 g/mol. The van der Waals surface area contributed by atoms with Gasteiger partial charge in [-0.25, -0.2) is 4.98 Å². The zero-order chi connectivity index (χ0) is 20.8. The summed E-state index contributed by atoms with van der Waals surface area (Å²) in [5.74, 6) is 0.747. The fourth-order valence-electron chi connectivity index (χ4n) is 2.61. The second kappa shape index (κ2) is 14.0. The van der Waals surface area contributed by atoms with E-state index in [1.807, 2.05) is 53.7 Å². The summed E-state index contributed by atoms with van der Waals surface area (Å²) in [7, 11) is 2.15. The lowest BCUT2D eigenvalue weighted by molar-refractivity contribution is -0.112. The van der Waals surface area contributed by atoms with Crippen LogP contribution >= 0.6 is 0 Å². The summed E-state index contributed by atoms with van der Waals surface area (Å²) in [5.41, 5.74) is 3.15. The number of hydrogen-bond acceptors (Lipinski definition) is 4. The lowest BCUT2D eigenvalue weighted by atomic mass is 10.2. The van der Waals surface area contributed by atoms with Crippen molar-refractivity contribution in [2.45, 2.75) is 48.5 Å². The molecule has 1 N–H and O–H groups in total. The number of aromatic amines is 1. The summed E-state index contributed by atoms with van der Waals surface area (Å²) < 4.78 is 0. The lowest BCUT2D eigenvalue weighted by Gasteiger charge is -2.34. The van der Waals surface area contributed by atoms with Crippen LogP contribution in [0.1, 0.15) is 54.3 Å². The van der Waals surface area contributed by atoms with Gasteiger partial charge in [-0.3, -0.25) is 4.79 Å². The smallest absolute Gasteiger partial charge is 0.152 e. The summed E-state index contributed by atoms with van der Waals surface area (Å²) in [4.78, 5) is 23.6. The zero-order valence-corrected chi connectivity index (χ0v) is 18.5. The Labute approximate surface area is 165 Å². The fraction of sp³-hybridized carbons (Fsp3) is 0.545. The van der Waals surface area contributed by atoms with Crippen molar-refractivity contribution >= 4 is 28.6 Å². The van der Waals surface area contributed by atoms with E-state index in [0.29, 0.717) is 0 Å². The Hall–Kier alpha value is -2.14. The van der Waals surface area contributed by atoms with E-state index in [1.165, 1.54) is 18.7 Å². The van der Waals surface area contributed by atoms with Gasteiger partial charge in [-0.2, -0.15) is 0 Å². The van der Waals surface area contributed by atoms with Crippen molar-refractivity contribution < 1.29 is 4.79 Å². The van der Waals surface area contributed by atoms with Gasteiger partial charge in [0.2, 0.25) is 0 Å². The third-order valence-electron chi connectivity index (χ3n) is 3.83. The first-order valence-electron chi connectivity index (χ1n) is 10.2. The molecule has 0 spiro atoms. The van der Waals surface area contributed by atoms with Crippen molar-refractivity contribution in [2.24, 2.45) is 0 Å². The van der Waals surface area contributed by atoms with E-state index in [0.717, 1.165) is 43.0 Å². The number of carbonyl (C=O) groups is 1. The van der Waals surface area contributed by atoms with Crippen molar-refractivity contribution in [3.8, 4) is 0 Å². The van der Waals surface area contributed by atoms with Crippen LogP contribution in [-0.2, 0) is 4.79 Å². The second-order valence-electron chi connectivity index (χ2n) is 5.53. The van der Waals surface area contributed by atoms with Crippen LogP contribution in [0.15, 0.2) is 24.3 Å². The molecule has 5 heteroatoms. The highest BCUT2D eigenvalue weighted by molar-refractivity contribution is 5.93. The average Bonchev–Trinajstić information content (AvgIpc) is 3.15. The minimum atomic E-state index is 0.0229. The molecular weight excluding hydrogens is 336 g/mol. The number of carbonyl (C=O) groups excluding carboxylic acids is 1. The Morgan fingerprint density at radius 1 is 1.04 bits per heavy atom. The molecule has 1 aliphatic heterocycles. The third-order valence-corrected chi connectivity index (χ3v) is 3.83. The number of allylic oxidation sites excluding steroid dienone is 1. The predicted molar refractivity (Wildman–Crippen MR) is 120 cm³/mol. The topological polar surface area (TPSA) is 52.2 Å². The molecule has 152 valence electrons. The van der Waals surface area contributed by atoms with E-state index in [4.69, 9.17) is 0 Å². The highest BCUT2D eigenvalue weighted by Crippen LogP contribution is 2.26. The number of para-hydroxylation sites is 1. The highest BCUT2D eigenvalue weighted by Gasteiger charge is 2.17.